The Bertz CT molecular complexity index is 559. The third kappa shape index (κ3) is 2.35. The maximum atomic E-state index is 11.6. The molecule has 0 bridgehead atoms. The van der Waals surface area contributed by atoms with Gasteiger partial charge in [-0.1, -0.05) is 34.2 Å². The smallest absolute Gasteiger partial charge is 0.330 e. The van der Waals surface area contributed by atoms with Gasteiger partial charge in [-0.05, 0) is 0 Å². The van der Waals surface area contributed by atoms with Gasteiger partial charge in [0.15, 0.2) is 6.23 Å². The van der Waals surface area contributed by atoms with Crippen LogP contribution in [-0.2, 0) is 4.74 Å². The average molecular weight is 389 g/mol. The van der Waals surface area contributed by atoms with E-state index in [0.717, 1.165) is 10.8 Å². The van der Waals surface area contributed by atoms with E-state index in [1.165, 1.54) is 0 Å². The molecule has 2 rings (SSSR count). The Morgan fingerprint density at radius 1 is 1.56 bits per heavy atom. The number of aromatic nitrogens is 2. The Balaban J connectivity index is 2.42. The van der Waals surface area contributed by atoms with Crippen LogP contribution in [0.3, 0.4) is 0 Å². The molecule has 0 spiro atoms. The molecule has 1 aliphatic rings. The lowest BCUT2D eigenvalue weighted by atomic mass is 10.2. The topological polar surface area (TPSA) is 105 Å². The molecule has 7 nitrogen and oxygen atoms in total. The molecular weight excluding hydrogens is 378 g/mol. The normalized spacial score (nSPS) is 31.8. The van der Waals surface area contributed by atoms with E-state index in [1.807, 2.05) is 27.6 Å². The molecule has 2 unspecified atom stereocenters. The number of alkyl halides is 1. The summed E-state index contributed by atoms with van der Waals surface area (Å²) in [6.45, 7) is -0.358. The monoisotopic (exact) mass is 388 g/mol. The van der Waals surface area contributed by atoms with E-state index in [4.69, 9.17) is 21.4 Å². The van der Waals surface area contributed by atoms with Crippen molar-refractivity contribution in [3.63, 3.8) is 0 Å². The van der Waals surface area contributed by atoms with Crippen LogP contribution < -0.4 is 11.2 Å². The maximum Gasteiger partial charge on any atom is 0.330 e. The van der Waals surface area contributed by atoms with Crippen molar-refractivity contribution in [3.05, 3.63) is 32.1 Å². The summed E-state index contributed by atoms with van der Waals surface area (Å²) in [5.74, 6) is 0. The van der Waals surface area contributed by atoms with E-state index in [9.17, 15) is 14.7 Å². The van der Waals surface area contributed by atoms with Gasteiger partial charge in [-0.2, -0.15) is 0 Å². The van der Waals surface area contributed by atoms with Crippen LogP contribution in [0.5, 0.6) is 0 Å². The van der Waals surface area contributed by atoms with Crippen LogP contribution in [0.4, 0.5) is 0 Å². The van der Waals surface area contributed by atoms with E-state index in [2.05, 4.69) is 0 Å². The third-order valence-electron chi connectivity index (χ3n) is 2.67. The molecule has 1 aromatic rings. The van der Waals surface area contributed by atoms with Gasteiger partial charge in [0, 0.05) is 6.20 Å². The summed E-state index contributed by atoms with van der Waals surface area (Å²) in [6, 6.07) is 0. The van der Waals surface area contributed by atoms with Crippen molar-refractivity contribution in [1.82, 2.24) is 9.55 Å². The minimum Gasteiger partial charge on any atom is -0.394 e. The quantitative estimate of drug-likeness (QED) is 0.457. The fraction of sp³-hybridized carbons (Fsp3) is 0.556. The summed E-state index contributed by atoms with van der Waals surface area (Å²) in [4.78, 5) is 24.8. The van der Waals surface area contributed by atoms with Crippen LogP contribution in [0.15, 0.2) is 15.8 Å². The largest absolute Gasteiger partial charge is 0.394 e. The maximum absolute atomic E-state index is 11.6. The first kappa shape index (κ1) is 14.0. The lowest BCUT2D eigenvalue weighted by Gasteiger charge is -2.16. The van der Waals surface area contributed by atoms with Gasteiger partial charge in [-0.3, -0.25) is 14.3 Å². The zero-order valence-electron chi connectivity index (χ0n) is 8.92. The summed E-state index contributed by atoms with van der Waals surface area (Å²) in [6.07, 6.45) is -1.31. The molecule has 4 atom stereocenters. The SMILES string of the molecule is O=c1[nH]c(=O)n([C@H]2O[C@@H](CO)C(O)C2I)cc1Cl. The Morgan fingerprint density at radius 3 is 2.78 bits per heavy atom. The summed E-state index contributed by atoms with van der Waals surface area (Å²) >= 11 is 7.56. The highest BCUT2D eigenvalue weighted by Gasteiger charge is 2.43. The molecule has 0 amide bonds. The number of nitrogens with zero attached hydrogens (tertiary/aromatic N) is 1. The summed E-state index contributed by atoms with van der Waals surface area (Å²) < 4.78 is 6.02. The standard InChI is InChI=1S/C9H10ClIN2O5/c10-3-1-13(9(17)12-7(3)16)8-5(11)6(15)4(2-14)18-8/h1,4-6,8,14-15H,2H2,(H,12,16,17)/t4-,5?,6?,8-/m0/s1. The first-order chi connectivity index (χ1) is 8.45. The van der Waals surface area contributed by atoms with E-state index in [0.29, 0.717) is 0 Å². The van der Waals surface area contributed by atoms with Crippen molar-refractivity contribution < 1.29 is 14.9 Å². The minimum atomic E-state index is -0.904. The molecule has 18 heavy (non-hydrogen) atoms. The zero-order chi connectivity index (χ0) is 13.4. The summed E-state index contributed by atoms with van der Waals surface area (Å²) in [5.41, 5.74) is -1.36. The average Bonchev–Trinajstić information content (AvgIpc) is 2.61. The highest BCUT2D eigenvalue weighted by molar-refractivity contribution is 14.1. The van der Waals surface area contributed by atoms with Gasteiger partial charge >= 0.3 is 5.69 Å². The van der Waals surface area contributed by atoms with Gasteiger partial charge in [0.1, 0.15) is 11.1 Å². The van der Waals surface area contributed by atoms with Gasteiger partial charge in [0.2, 0.25) is 0 Å². The zero-order valence-corrected chi connectivity index (χ0v) is 11.8. The molecule has 100 valence electrons. The lowest BCUT2D eigenvalue weighted by molar-refractivity contribution is -0.0455. The van der Waals surface area contributed by atoms with Crippen molar-refractivity contribution >= 4 is 34.2 Å². The Kier molecular flexibility index (Phi) is 4.11. The highest BCUT2D eigenvalue weighted by Crippen LogP contribution is 2.34. The summed E-state index contributed by atoms with van der Waals surface area (Å²) in [7, 11) is 0. The number of rotatable bonds is 2. The van der Waals surface area contributed by atoms with E-state index >= 15 is 0 Å². The first-order valence-electron chi connectivity index (χ1n) is 5.05. The van der Waals surface area contributed by atoms with Crippen molar-refractivity contribution in [1.29, 1.82) is 0 Å². The molecule has 3 N–H and O–H groups in total. The van der Waals surface area contributed by atoms with Gasteiger partial charge in [-0.15, -0.1) is 0 Å². The molecule has 1 aromatic heterocycles. The van der Waals surface area contributed by atoms with Gasteiger partial charge in [0.05, 0.1) is 16.6 Å². The number of hydrogen-bond acceptors (Lipinski definition) is 5. The van der Waals surface area contributed by atoms with Crippen LogP contribution in [0, 0.1) is 0 Å². The lowest BCUT2D eigenvalue weighted by Crippen LogP contribution is -2.35. The molecule has 0 aromatic carbocycles. The molecule has 0 saturated carbocycles. The van der Waals surface area contributed by atoms with Crippen molar-refractivity contribution in [2.24, 2.45) is 0 Å². The van der Waals surface area contributed by atoms with Crippen LogP contribution in [0.25, 0.3) is 0 Å². The molecular formula is C9H10ClIN2O5. The number of aliphatic hydroxyl groups is 2. The van der Waals surface area contributed by atoms with Crippen molar-refractivity contribution in [3.8, 4) is 0 Å². The molecule has 0 radical (unpaired) electrons. The van der Waals surface area contributed by atoms with Crippen LogP contribution in [0.2, 0.25) is 5.02 Å². The molecule has 9 heteroatoms. The Labute approximate surface area is 119 Å². The highest BCUT2D eigenvalue weighted by atomic mass is 127. The number of aromatic amines is 1. The van der Waals surface area contributed by atoms with Gasteiger partial charge < -0.3 is 14.9 Å². The number of H-pyrrole nitrogens is 1. The molecule has 1 aliphatic heterocycles. The van der Waals surface area contributed by atoms with E-state index in [-0.39, 0.29) is 11.6 Å². The molecule has 2 heterocycles. The summed E-state index contributed by atoms with van der Waals surface area (Å²) in [5, 5.41) is 18.7. The third-order valence-corrected chi connectivity index (χ3v) is 4.29. The van der Waals surface area contributed by atoms with E-state index < -0.39 is 33.6 Å². The number of aliphatic hydroxyl groups excluding tert-OH is 2. The van der Waals surface area contributed by atoms with Gasteiger partial charge in [0.25, 0.3) is 5.56 Å². The van der Waals surface area contributed by atoms with Crippen molar-refractivity contribution in [2.75, 3.05) is 6.61 Å². The number of hydrogen-bond donors (Lipinski definition) is 3. The molecule has 1 saturated heterocycles. The van der Waals surface area contributed by atoms with E-state index in [1.54, 1.807) is 0 Å². The minimum absolute atomic E-state index is 0.149. The predicted octanol–water partition coefficient (Wildman–Crippen LogP) is -0.756. The van der Waals surface area contributed by atoms with Gasteiger partial charge in [-0.25, -0.2) is 4.79 Å². The number of ether oxygens (including phenoxy) is 1. The van der Waals surface area contributed by atoms with Crippen molar-refractivity contribution in [2.45, 2.75) is 22.4 Å². The molecule has 0 aliphatic carbocycles. The fourth-order valence-electron chi connectivity index (χ4n) is 1.73. The molecule has 1 fully saturated rings. The first-order valence-corrected chi connectivity index (χ1v) is 6.67. The number of halogens is 2. The second-order valence-corrected chi connectivity index (χ2v) is 5.67. The number of nitrogens with one attached hydrogen (secondary N) is 1. The fourth-order valence-corrected chi connectivity index (χ4v) is 2.86. The Hall–Kier alpha value is -0.420. The van der Waals surface area contributed by atoms with Crippen LogP contribution in [0.1, 0.15) is 6.23 Å². The second-order valence-electron chi connectivity index (χ2n) is 3.83. The predicted molar refractivity (Wildman–Crippen MR) is 71.1 cm³/mol. The van der Waals surface area contributed by atoms with Crippen LogP contribution >= 0.6 is 34.2 Å². The second kappa shape index (κ2) is 5.29. The Morgan fingerprint density at radius 2 is 2.22 bits per heavy atom. The van der Waals surface area contributed by atoms with Crippen LogP contribution in [-0.4, -0.2) is 42.5 Å².